The average Bonchev–Trinajstić information content (AvgIpc) is 2.80. The Morgan fingerprint density at radius 2 is 1.32 bits per heavy atom. The van der Waals surface area contributed by atoms with E-state index >= 15 is 0 Å². The van der Waals surface area contributed by atoms with E-state index in [4.69, 9.17) is 0 Å². The highest BCUT2D eigenvalue weighted by Crippen LogP contribution is 2.24. The van der Waals surface area contributed by atoms with Gasteiger partial charge in [0.05, 0.1) is 5.69 Å². The van der Waals surface area contributed by atoms with E-state index in [-0.39, 0.29) is 11.8 Å². The molecule has 2 saturated heterocycles. The third kappa shape index (κ3) is 5.93. The van der Waals surface area contributed by atoms with Crippen molar-refractivity contribution in [2.45, 2.75) is 38.5 Å². The molecule has 0 saturated carbocycles. The zero-order chi connectivity index (χ0) is 24.1. The predicted octanol–water partition coefficient (Wildman–Crippen LogP) is 3.10. The van der Waals surface area contributed by atoms with E-state index in [0.717, 1.165) is 36.5 Å². The number of nitrogens with one attached hydrogen (secondary N) is 2. The molecule has 4 rings (SSSR count). The fraction of sp³-hybridized carbons (Fsp3) is 0.375. The van der Waals surface area contributed by atoms with Crippen LogP contribution in [-0.4, -0.2) is 45.0 Å². The van der Waals surface area contributed by atoms with Crippen molar-refractivity contribution in [3.63, 3.8) is 0 Å². The molecule has 0 spiro atoms. The van der Waals surface area contributed by atoms with Gasteiger partial charge in [0.25, 0.3) is 0 Å². The van der Waals surface area contributed by atoms with E-state index < -0.39 is 21.7 Å². The molecule has 180 valence electrons. The van der Waals surface area contributed by atoms with Gasteiger partial charge in [0.1, 0.15) is 5.75 Å². The van der Waals surface area contributed by atoms with Crippen LogP contribution in [0.2, 0.25) is 0 Å². The van der Waals surface area contributed by atoms with Gasteiger partial charge in [-0.15, -0.1) is 0 Å². The van der Waals surface area contributed by atoms with Crippen LogP contribution in [0.1, 0.15) is 38.5 Å². The normalized spacial score (nSPS) is 16.9. The summed E-state index contributed by atoms with van der Waals surface area (Å²) in [5, 5.41) is 2.54. The Labute approximate surface area is 199 Å². The maximum Gasteiger partial charge on any atom is 0.241 e. The lowest BCUT2D eigenvalue weighted by Crippen LogP contribution is -2.40. The van der Waals surface area contributed by atoms with Crippen LogP contribution >= 0.6 is 0 Å². The summed E-state index contributed by atoms with van der Waals surface area (Å²) in [4.78, 5) is 39.8. The summed E-state index contributed by atoms with van der Waals surface area (Å²) in [5.41, 5.74) is 2.24. The molecule has 3 amide bonds. The molecule has 0 unspecified atom stereocenters. The Bertz CT molecular complexity index is 1140. The van der Waals surface area contributed by atoms with Crippen LogP contribution in [0.5, 0.6) is 0 Å². The summed E-state index contributed by atoms with van der Waals surface area (Å²) in [6, 6.07) is 13.3. The molecule has 2 N–H and O–H groups in total. The molecule has 34 heavy (non-hydrogen) atoms. The Morgan fingerprint density at radius 1 is 0.765 bits per heavy atom. The Morgan fingerprint density at radius 3 is 1.94 bits per heavy atom. The summed E-state index contributed by atoms with van der Waals surface area (Å²) in [5.74, 6) is -1.95. The van der Waals surface area contributed by atoms with Crippen molar-refractivity contribution < 1.29 is 22.8 Å². The molecule has 2 aromatic carbocycles. The molecule has 9 nitrogen and oxygen atoms in total. The van der Waals surface area contributed by atoms with Crippen LogP contribution in [-0.2, 0) is 24.4 Å². The first-order chi connectivity index (χ1) is 16.3. The minimum absolute atomic E-state index is 0.255. The van der Waals surface area contributed by atoms with Crippen LogP contribution in [0.3, 0.4) is 0 Å². The third-order valence-corrected chi connectivity index (χ3v) is 7.06. The zero-order valence-electron chi connectivity index (χ0n) is 18.8. The fourth-order valence-corrected chi connectivity index (χ4v) is 5.20. The van der Waals surface area contributed by atoms with Gasteiger partial charge < -0.3 is 10.2 Å². The van der Waals surface area contributed by atoms with Crippen molar-refractivity contribution in [2.24, 2.45) is 0 Å². The van der Waals surface area contributed by atoms with Crippen molar-refractivity contribution in [3.8, 4) is 0 Å². The molecule has 2 fully saturated rings. The summed E-state index contributed by atoms with van der Waals surface area (Å²) >= 11 is 0. The number of anilines is 4. The number of hydrogen-bond acceptors (Lipinski definition) is 6. The second-order valence-electron chi connectivity index (χ2n) is 8.53. The van der Waals surface area contributed by atoms with Gasteiger partial charge in [-0.1, -0.05) is 0 Å². The number of sulfonamides is 1. The molecule has 10 heteroatoms. The number of hydrogen-bond donors (Lipinski definition) is 2. The number of carbonyl (C=O) groups excluding carboxylic acids is 3. The minimum atomic E-state index is -3.90. The first-order valence-electron chi connectivity index (χ1n) is 11.4. The Hall–Kier alpha value is -3.40. The fourth-order valence-electron chi connectivity index (χ4n) is 4.21. The summed E-state index contributed by atoms with van der Waals surface area (Å²) < 4.78 is 27.4. The summed E-state index contributed by atoms with van der Waals surface area (Å²) in [7, 11) is -3.90. The standard InChI is InChI=1S/C24H28N4O5S/c29-22(25-18-7-13-21(14-8-18)28-23(30)5-4-6-24(28)31)17-34(32,33)26-19-9-11-20(12-10-19)27-15-2-1-3-16-27/h7-14,26H,1-6,15-17H2,(H,25,29). The number of nitrogens with zero attached hydrogens (tertiary/aromatic N) is 2. The third-order valence-electron chi connectivity index (χ3n) is 5.87. The van der Waals surface area contributed by atoms with Crippen molar-refractivity contribution in [3.05, 3.63) is 48.5 Å². The molecule has 0 bridgehead atoms. The molecule has 0 aliphatic carbocycles. The van der Waals surface area contributed by atoms with Crippen LogP contribution in [0.4, 0.5) is 22.7 Å². The molecular weight excluding hydrogens is 456 g/mol. The van der Waals surface area contributed by atoms with Crippen molar-refractivity contribution in [2.75, 3.05) is 38.7 Å². The van der Waals surface area contributed by atoms with E-state index in [9.17, 15) is 22.8 Å². The molecule has 2 aromatic rings. The summed E-state index contributed by atoms with van der Waals surface area (Å²) in [6.45, 7) is 1.99. The van der Waals surface area contributed by atoms with Crippen LogP contribution in [0.15, 0.2) is 48.5 Å². The van der Waals surface area contributed by atoms with E-state index in [1.54, 1.807) is 24.3 Å². The first kappa shape index (κ1) is 23.7. The lowest BCUT2D eigenvalue weighted by Gasteiger charge is -2.28. The van der Waals surface area contributed by atoms with Crippen LogP contribution in [0.25, 0.3) is 0 Å². The minimum Gasteiger partial charge on any atom is -0.372 e. The number of piperidine rings is 2. The van der Waals surface area contributed by atoms with E-state index in [0.29, 0.717) is 36.3 Å². The quantitative estimate of drug-likeness (QED) is 0.584. The molecule has 2 aliphatic rings. The molecule has 0 radical (unpaired) electrons. The van der Waals surface area contributed by atoms with E-state index in [1.165, 1.54) is 18.6 Å². The predicted molar refractivity (Wildman–Crippen MR) is 131 cm³/mol. The maximum absolute atomic E-state index is 12.5. The molecule has 2 heterocycles. The second-order valence-corrected chi connectivity index (χ2v) is 10.2. The smallest absolute Gasteiger partial charge is 0.241 e. The first-order valence-corrected chi connectivity index (χ1v) is 13.1. The average molecular weight is 485 g/mol. The lowest BCUT2D eigenvalue weighted by molar-refractivity contribution is -0.129. The molecular formula is C24H28N4O5S. The maximum atomic E-state index is 12.5. The zero-order valence-corrected chi connectivity index (χ0v) is 19.6. The van der Waals surface area contributed by atoms with Gasteiger partial charge in [0, 0.05) is 43.0 Å². The highest BCUT2D eigenvalue weighted by atomic mass is 32.2. The van der Waals surface area contributed by atoms with Gasteiger partial charge in [0.2, 0.25) is 27.7 Å². The van der Waals surface area contributed by atoms with Crippen molar-refractivity contribution in [1.82, 2.24) is 0 Å². The van der Waals surface area contributed by atoms with Gasteiger partial charge in [-0.25, -0.2) is 8.42 Å². The van der Waals surface area contributed by atoms with Crippen LogP contribution in [0, 0.1) is 0 Å². The SMILES string of the molecule is O=C(CS(=O)(=O)Nc1ccc(N2CCCCC2)cc1)Nc1ccc(N2C(=O)CCCC2=O)cc1. The summed E-state index contributed by atoms with van der Waals surface area (Å²) in [6.07, 6.45) is 4.72. The highest BCUT2D eigenvalue weighted by Gasteiger charge is 2.27. The number of carbonyl (C=O) groups is 3. The van der Waals surface area contributed by atoms with Crippen LogP contribution < -0.4 is 19.8 Å². The van der Waals surface area contributed by atoms with Gasteiger partial charge in [-0.05, 0) is 74.2 Å². The van der Waals surface area contributed by atoms with Crippen molar-refractivity contribution >= 4 is 50.5 Å². The number of benzene rings is 2. The van der Waals surface area contributed by atoms with E-state index in [2.05, 4.69) is 14.9 Å². The van der Waals surface area contributed by atoms with Crippen molar-refractivity contribution in [1.29, 1.82) is 0 Å². The Kier molecular flexibility index (Phi) is 7.16. The topological polar surface area (TPSA) is 116 Å². The van der Waals surface area contributed by atoms with Gasteiger partial charge in [0.15, 0.2) is 0 Å². The Balaban J connectivity index is 1.32. The highest BCUT2D eigenvalue weighted by molar-refractivity contribution is 7.93. The second kappa shape index (κ2) is 10.3. The van der Waals surface area contributed by atoms with Gasteiger partial charge in [-0.3, -0.25) is 24.0 Å². The monoisotopic (exact) mass is 484 g/mol. The van der Waals surface area contributed by atoms with E-state index in [1.807, 2.05) is 12.1 Å². The van der Waals surface area contributed by atoms with Gasteiger partial charge in [-0.2, -0.15) is 0 Å². The van der Waals surface area contributed by atoms with Gasteiger partial charge >= 0.3 is 0 Å². The molecule has 0 aromatic heterocycles. The number of amides is 3. The lowest BCUT2D eigenvalue weighted by atomic mass is 10.1. The number of imide groups is 1. The number of rotatable bonds is 7. The molecule has 0 atom stereocenters. The molecule has 2 aliphatic heterocycles. The largest absolute Gasteiger partial charge is 0.372 e.